The highest BCUT2D eigenvalue weighted by Gasteiger charge is 2.34. The van der Waals surface area contributed by atoms with Gasteiger partial charge < -0.3 is 10.0 Å². The Hall–Kier alpha value is -1.60. The number of hydrogen-bond acceptors (Lipinski definition) is 3. The summed E-state index contributed by atoms with van der Waals surface area (Å²) < 4.78 is 39.0. The van der Waals surface area contributed by atoms with Crippen LogP contribution in [0.15, 0.2) is 40.9 Å². The average Bonchev–Trinajstić information content (AvgIpc) is 2.91. The van der Waals surface area contributed by atoms with E-state index in [0.717, 1.165) is 27.9 Å². The number of anilines is 1. The van der Waals surface area contributed by atoms with Crippen molar-refractivity contribution in [1.29, 1.82) is 0 Å². The molecule has 2 unspecified atom stereocenters. The van der Waals surface area contributed by atoms with Gasteiger partial charge in [-0.25, -0.2) is 4.98 Å². The molecule has 1 saturated heterocycles. The van der Waals surface area contributed by atoms with Crippen LogP contribution in [0.5, 0.6) is 0 Å². The smallest absolute Gasteiger partial charge is 0.391 e. The highest BCUT2D eigenvalue weighted by atomic mass is 79.9. The van der Waals surface area contributed by atoms with Crippen LogP contribution in [-0.4, -0.2) is 22.7 Å². The molecule has 1 aromatic heterocycles. The van der Waals surface area contributed by atoms with Gasteiger partial charge in [0.2, 0.25) is 0 Å². The Kier molecular flexibility index (Phi) is 4.57. The Balaban J connectivity index is 1.91. The van der Waals surface area contributed by atoms with Crippen LogP contribution in [0.25, 0.3) is 0 Å². The van der Waals surface area contributed by atoms with E-state index in [9.17, 15) is 18.3 Å². The van der Waals surface area contributed by atoms with E-state index < -0.39 is 17.8 Å². The number of aliphatic hydroxyl groups excluding tert-OH is 1. The lowest BCUT2D eigenvalue weighted by Gasteiger charge is -2.26. The van der Waals surface area contributed by atoms with Crippen molar-refractivity contribution in [1.82, 2.24) is 4.98 Å². The van der Waals surface area contributed by atoms with Crippen LogP contribution in [-0.2, 0) is 6.18 Å². The van der Waals surface area contributed by atoms with Crippen LogP contribution in [0.4, 0.5) is 19.0 Å². The van der Waals surface area contributed by atoms with Crippen LogP contribution < -0.4 is 4.90 Å². The minimum absolute atomic E-state index is 0.199. The predicted molar refractivity (Wildman–Crippen MR) is 88.8 cm³/mol. The van der Waals surface area contributed by atoms with Gasteiger partial charge in [0.25, 0.3) is 0 Å². The zero-order valence-electron chi connectivity index (χ0n) is 12.9. The van der Waals surface area contributed by atoms with E-state index in [2.05, 4.69) is 20.9 Å². The third kappa shape index (κ3) is 3.42. The highest BCUT2D eigenvalue weighted by molar-refractivity contribution is 9.10. The number of hydrogen-bond donors (Lipinski definition) is 1. The van der Waals surface area contributed by atoms with Crippen LogP contribution >= 0.6 is 15.9 Å². The summed E-state index contributed by atoms with van der Waals surface area (Å²) in [5.74, 6) is 0.706. The van der Waals surface area contributed by atoms with E-state index in [1.807, 2.05) is 24.0 Å². The fraction of sp³-hybridized carbons (Fsp3) is 0.353. The number of alkyl halides is 3. The number of halogens is 4. The lowest BCUT2D eigenvalue weighted by atomic mass is 10.0. The Bertz CT molecular complexity index is 734. The highest BCUT2D eigenvalue weighted by Crippen LogP contribution is 2.37. The molecular formula is C17H16BrF3N2O. The summed E-state index contributed by atoms with van der Waals surface area (Å²) in [6.45, 7) is 2.27. The van der Waals surface area contributed by atoms with Crippen molar-refractivity contribution in [2.45, 2.75) is 31.7 Å². The van der Waals surface area contributed by atoms with Crippen molar-refractivity contribution in [2.75, 3.05) is 11.4 Å². The minimum atomic E-state index is -4.35. The van der Waals surface area contributed by atoms with Crippen LogP contribution in [0, 0.1) is 6.92 Å². The molecule has 3 rings (SSSR count). The first kappa shape index (κ1) is 17.2. The molecule has 0 bridgehead atoms. The van der Waals surface area contributed by atoms with E-state index in [-0.39, 0.29) is 6.04 Å². The Morgan fingerprint density at radius 1 is 1.17 bits per heavy atom. The molecule has 1 aliphatic heterocycles. The zero-order valence-corrected chi connectivity index (χ0v) is 14.5. The summed E-state index contributed by atoms with van der Waals surface area (Å²) in [5, 5.41) is 10.0. The molecule has 3 nitrogen and oxygen atoms in total. The Morgan fingerprint density at radius 3 is 2.42 bits per heavy atom. The molecule has 128 valence electrons. The molecule has 1 aliphatic rings. The van der Waals surface area contributed by atoms with Crippen molar-refractivity contribution in [2.24, 2.45) is 0 Å². The lowest BCUT2D eigenvalue weighted by molar-refractivity contribution is -0.137. The first-order valence-corrected chi connectivity index (χ1v) is 8.30. The summed E-state index contributed by atoms with van der Waals surface area (Å²) in [7, 11) is 0. The molecule has 0 saturated carbocycles. The molecule has 0 amide bonds. The van der Waals surface area contributed by atoms with Crippen molar-refractivity contribution in [3.8, 4) is 0 Å². The number of aromatic nitrogens is 1. The Labute approximate surface area is 146 Å². The van der Waals surface area contributed by atoms with Crippen molar-refractivity contribution in [3.05, 3.63) is 57.7 Å². The van der Waals surface area contributed by atoms with Gasteiger partial charge in [0.1, 0.15) is 5.82 Å². The topological polar surface area (TPSA) is 36.4 Å². The molecule has 0 spiro atoms. The van der Waals surface area contributed by atoms with E-state index in [1.165, 1.54) is 12.1 Å². The number of β-amino-alcohol motifs (C(OH)–C–C–N with tert-alkyl or cyclic N) is 1. The van der Waals surface area contributed by atoms with Gasteiger partial charge >= 0.3 is 6.18 Å². The quantitative estimate of drug-likeness (QED) is 0.806. The summed E-state index contributed by atoms with van der Waals surface area (Å²) >= 11 is 3.40. The maximum atomic E-state index is 12.7. The average molecular weight is 401 g/mol. The molecule has 1 N–H and O–H groups in total. The number of aliphatic hydroxyl groups is 1. The second-order valence-corrected chi connectivity index (χ2v) is 6.77. The van der Waals surface area contributed by atoms with Gasteiger partial charge in [0, 0.05) is 11.0 Å². The molecular weight excluding hydrogens is 385 g/mol. The molecule has 0 radical (unpaired) electrons. The van der Waals surface area contributed by atoms with Crippen molar-refractivity contribution >= 4 is 21.7 Å². The van der Waals surface area contributed by atoms with E-state index in [1.54, 1.807) is 0 Å². The van der Waals surface area contributed by atoms with Gasteiger partial charge in [-0.2, -0.15) is 13.2 Å². The summed E-state index contributed by atoms with van der Waals surface area (Å²) in [6.07, 6.45) is -4.43. The first-order valence-electron chi connectivity index (χ1n) is 7.50. The standard InChI is InChI=1S/C17H16BrF3N2O/c1-10-14(18)6-7-16(22-10)23-9-13(24)8-15(23)11-2-4-12(5-3-11)17(19,20)21/h2-7,13,15,24H,8-9H2,1H3. The van der Waals surface area contributed by atoms with Gasteiger partial charge in [-0.1, -0.05) is 12.1 Å². The maximum absolute atomic E-state index is 12.7. The van der Waals surface area contributed by atoms with Crippen LogP contribution in [0.1, 0.15) is 29.3 Å². The largest absolute Gasteiger partial charge is 0.416 e. The van der Waals surface area contributed by atoms with E-state index >= 15 is 0 Å². The molecule has 2 atom stereocenters. The SMILES string of the molecule is Cc1nc(N2CC(O)CC2c2ccc(C(F)(F)F)cc2)ccc1Br. The maximum Gasteiger partial charge on any atom is 0.416 e. The second-order valence-electron chi connectivity index (χ2n) is 5.91. The van der Waals surface area contributed by atoms with Crippen molar-refractivity contribution < 1.29 is 18.3 Å². The number of nitrogens with zero attached hydrogens (tertiary/aromatic N) is 2. The fourth-order valence-corrected chi connectivity index (χ4v) is 3.19. The summed E-state index contributed by atoms with van der Waals surface area (Å²) in [5.41, 5.74) is 0.885. The molecule has 1 aromatic carbocycles. The monoisotopic (exact) mass is 400 g/mol. The van der Waals surface area contributed by atoms with Gasteiger partial charge in [0.15, 0.2) is 0 Å². The third-order valence-electron chi connectivity index (χ3n) is 4.20. The van der Waals surface area contributed by atoms with E-state index in [0.29, 0.717) is 18.8 Å². The number of pyridine rings is 1. The molecule has 7 heteroatoms. The molecule has 1 fully saturated rings. The molecule has 0 aliphatic carbocycles. The summed E-state index contributed by atoms with van der Waals surface area (Å²) in [6, 6.07) is 8.64. The second kappa shape index (κ2) is 6.37. The molecule has 24 heavy (non-hydrogen) atoms. The normalized spacial score (nSPS) is 21.3. The van der Waals surface area contributed by atoms with Gasteiger partial charge in [-0.3, -0.25) is 0 Å². The molecule has 2 aromatic rings. The summed E-state index contributed by atoms with van der Waals surface area (Å²) in [4.78, 5) is 6.45. The number of benzene rings is 1. The predicted octanol–water partition coefficient (Wildman–Crippen LogP) is 4.48. The van der Waals surface area contributed by atoms with Crippen molar-refractivity contribution in [3.63, 3.8) is 0 Å². The van der Waals surface area contributed by atoms with E-state index in [4.69, 9.17) is 0 Å². The minimum Gasteiger partial charge on any atom is -0.391 e. The fourth-order valence-electron chi connectivity index (χ4n) is 2.97. The van der Waals surface area contributed by atoms with Gasteiger partial charge in [0.05, 0.1) is 23.4 Å². The number of aryl methyl sites for hydroxylation is 1. The molecule has 2 heterocycles. The van der Waals surface area contributed by atoms with Crippen LogP contribution in [0.2, 0.25) is 0 Å². The zero-order chi connectivity index (χ0) is 17.5. The van der Waals surface area contributed by atoms with Crippen LogP contribution in [0.3, 0.4) is 0 Å². The first-order chi connectivity index (χ1) is 11.3. The third-order valence-corrected chi connectivity index (χ3v) is 5.04. The van der Waals surface area contributed by atoms with Gasteiger partial charge in [-0.05, 0) is 59.1 Å². The Morgan fingerprint density at radius 2 is 1.83 bits per heavy atom. The van der Waals surface area contributed by atoms with Gasteiger partial charge in [-0.15, -0.1) is 0 Å². The lowest BCUT2D eigenvalue weighted by Crippen LogP contribution is -2.25. The number of rotatable bonds is 2.